The van der Waals surface area contributed by atoms with Gasteiger partial charge < -0.3 is 19.9 Å². The second-order valence-electron chi connectivity index (χ2n) is 8.19. The zero-order valence-corrected chi connectivity index (χ0v) is 18.5. The van der Waals surface area contributed by atoms with E-state index >= 15 is 0 Å². The lowest BCUT2D eigenvalue weighted by molar-refractivity contribution is 0.0603. The van der Waals surface area contributed by atoms with Crippen molar-refractivity contribution in [1.29, 1.82) is 0 Å². The molecule has 1 aliphatic heterocycles. The monoisotopic (exact) mass is 435 g/mol. The number of carbonyl (C=O) groups excluding carboxylic acids is 2. The van der Waals surface area contributed by atoms with Gasteiger partial charge in [-0.05, 0) is 56.6 Å². The molecule has 4 rings (SSSR count). The van der Waals surface area contributed by atoms with Gasteiger partial charge in [0.2, 0.25) is 0 Å². The summed E-state index contributed by atoms with van der Waals surface area (Å²) in [7, 11) is 3.47. The first-order chi connectivity index (χ1) is 15.5. The van der Waals surface area contributed by atoms with E-state index in [9.17, 15) is 9.59 Å². The second-order valence-corrected chi connectivity index (χ2v) is 8.19. The van der Waals surface area contributed by atoms with Crippen molar-refractivity contribution in [2.75, 3.05) is 32.6 Å². The molecule has 1 fully saturated rings. The number of rotatable bonds is 5. The fraction of sp³-hybridized carbons (Fsp3) is 0.375. The largest absolute Gasteiger partial charge is 0.465 e. The number of fused-ring (bicyclic) bond motifs is 1. The highest BCUT2D eigenvalue weighted by Crippen LogP contribution is 2.25. The van der Waals surface area contributed by atoms with Crippen LogP contribution in [0.25, 0.3) is 10.9 Å². The molecule has 1 saturated heterocycles. The number of esters is 1. The lowest BCUT2D eigenvalue weighted by atomic mass is 10.1. The maximum Gasteiger partial charge on any atom is 0.338 e. The minimum absolute atomic E-state index is 0.153. The SMILES string of the molecule is COC(=O)c1cc(NC(=O)N2CCCC(N(C)Cc3ccccn3)CC2)cc2[nH]ccc12. The van der Waals surface area contributed by atoms with E-state index < -0.39 is 5.97 Å². The molecule has 0 bridgehead atoms. The number of aromatic nitrogens is 2. The number of nitrogens with zero attached hydrogens (tertiary/aromatic N) is 3. The van der Waals surface area contributed by atoms with E-state index in [0.717, 1.165) is 42.4 Å². The molecule has 8 heteroatoms. The smallest absolute Gasteiger partial charge is 0.338 e. The summed E-state index contributed by atoms with van der Waals surface area (Å²) in [6, 6.07) is 11.5. The van der Waals surface area contributed by atoms with Crippen LogP contribution in [0.15, 0.2) is 48.8 Å². The maximum absolute atomic E-state index is 13.0. The van der Waals surface area contributed by atoms with Crippen molar-refractivity contribution >= 4 is 28.6 Å². The van der Waals surface area contributed by atoms with E-state index in [4.69, 9.17) is 4.74 Å². The first kappa shape index (κ1) is 21.8. The van der Waals surface area contributed by atoms with Gasteiger partial charge in [-0.25, -0.2) is 9.59 Å². The number of pyridine rings is 1. The summed E-state index contributed by atoms with van der Waals surface area (Å²) < 4.78 is 4.90. The van der Waals surface area contributed by atoms with Crippen LogP contribution in [0.5, 0.6) is 0 Å². The minimum atomic E-state index is -0.431. The lowest BCUT2D eigenvalue weighted by Gasteiger charge is -2.27. The second kappa shape index (κ2) is 9.82. The summed E-state index contributed by atoms with van der Waals surface area (Å²) in [5.41, 5.74) is 2.82. The number of likely N-dealkylation sites (tertiary alicyclic amines) is 1. The Morgan fingerprint density at radius 2 is 2.12 bits per heavy atom. The van der Waals surface area contributed by atoms with Crippen LogP contribution in [0.2, 0.25) is 0 Å². The molecule has 1 aromatic carbocycles. The average Bonchev–Trinajstić information content (AvgIpc) is 3.13. The van der Waals surface area contributed by atoms with Crippen molar-refractivity contribution in [3.05, 3.63) is 60.0 Å². The molecule has 8 nitrogen and oxygen atoms in total. The van der Waals surface area contributed by atoms with E-state index in [-0.39, 0.29) is 6.03 Å². The number of H-pyrrole nitrogens is 1. The Balaban J connectivity index is 1.39. The first-order valence-corrected chi connectivity index (χ1v) is 10.9. The highest BCUT2D eigenvalue weighted by molar-refractivity contribution is 6.06. The predicted octanol–water partition coefficient (Wildman–Crippen LogP) is 3.87. The molecule has 2 N–H and O–H groups in total. The van der Waals surface area contributed by atoms with E-state index in [1.807, 2.05) is 41.4 Å². The molecule has 0 aliphatic carbocycles. The van der Waals surface area contributed by atoms with Crippen LogP contribution in [-0.2, 0) is 11.3 Å². The number of amides is 2. The Morgan fingerprint density at radius 1 is 1.25 bits per heavy atom. The van der Waals surface area contributed by atoms with E-state index in [1.165, 1.54) is 7.11 Å². The molecule has 32 heavy (non-hydrogen) atoms. The summed E-state index contributed by atoms with van der Waals surface area (Å²) in [5, 5.41) is 3.73. The Labute approximate surface area is 187 Å². The van der Waals surface area contributed by atoms with Gasteiger partial charge in [0.05, 0.1) is 18.4 Å². The van der Waals surface area contributed by atoms with E-state index in [2.05, 4.69) is 27.2 Å². The van der Waals surface area contributed by atoms with Crippen LogP contribution >= 0.6 is 0 Å². The maximum atomic E-state index is 13.0. The number of carbonyl (C=O) groups is 2. The van der Waals surface area contributed by atoms with Gasteiger partial charge in [-0.3, -0.25) is 9.88 Å². The van der Waals surface area contributed by atoms with Crippen molar-refractivity contribution in [3.8, 4) is 0 Å². The van der Waals surface area contributed by atoms with Gasteiger partial charge in [0, 0.05) is 54.7 Å². The van der Waals surface area contributed by atoms with Gasteiger partial charge in [-0.1, -0.05) is 6.07 Å². The molecule has 0 radical (unpaired) electrons. The summed E-state index contributed by atoms with van der Waals surface area (Å²) in [6.07, 6.45) is 6.46. The van der Waals surface area contributed by atoms with Crippen LogP contribution < -0.4 is 5.32 Å². The van der Waals surface area contributed by atoms with Crippen molar-refractivity contribution in [1.82, 2.24) is 19.8 Å². The van der Waals surface area contributed by atoms with Crippen molar-refractivity contribution < 1.29 is 14.3 Å². The van der Waals surface area contributed by atoms with Crippen LogP contribution in [0, 0.1) is 0 Å². The first-order valence-electron chi connectivity index (χ1n) is 10.9. The van der Waals surface area contributed by atoms with Crippen molar-refractivity contribution in [2.45, 2.75) is 31.8 Å². The number of ether oxygens (including phenoxy) is 1. The average molecular weight is 436 g/mol. The van der Waals surface area contributed by atoms with Gasteiger partial charge in [0.1, 0.15) is 0 Å². The number of aromatic amines is 1. The summed E-state index contributed by atoms with van der Waals surface area (Å²) in [4.78, 5) is 36.8. The molecule has 1 unspecified atom stereocenters. The Bertz CT molecular complexity index is 1080. The van der Waals surface area contributed by atoms with Gasteiger partial charge >= 0.3 is 12.0 Å². The molecule has 0 saturated carbocycles. The molecule has 1 atom stereocenters. The number of urea groups is 1. The third-order valence-corrected chi connectivity index (χ3v) is 6.07. The normalized spacial score (nSPS) is 16.7. The molecular formula is C24H29N5O3. The third kappa shape index (κ3) is 4.91. The molecule has 2 amide bonds. The quantitative estimate of drug-likeness (QED) is 0.594. The molecule has 3 aromatic rings. The van der Waals surface area contributed by atoms with Gasteiger partial charge in [-0.2, -0.15) is 0 Å². The van der Waals surface area contributed by atoms with Gasteiger partial charge in [-0.15, -0.1) is 0 Å². The fourth-order valence-corrected chi connectivity index (χ4v) is 4.32. The number of nitrogens with one attached hydrogen (secondary N) is 2. The zero-order chi connectivity index (χ0) is 22.5. The molecule has 0 spiro atoms. The lowest BCUT2D eigenvalue weighted by Crippen LogP contribution is -2.37. The Morgan fingerprint density at radius 3 is 2.91 bits per heavy atom. The van der Waals surface area contributed by atoms with Crippen LogP contribution in [0.4, 0.5) is 10.5 Å². The predicted molar refractivity (Wildman–Crippen MR) is 124 cm³/mol. The molecule has 3 heterocycles. The molecule has 1 aliphatic rings. The van der Waals surface area contributed by atoms with Gasteiger partial charge in [0.25, 0.3) is 0 Å². The number of hydrogen-bond acceptors (Lipinski definition) is 5. The zero-order valence-electron chi connectivity index (χ0n) is 18.5. The number of hydrogen-bond donors (Lipinski definition) is 2. The number of benzene rings is 1. The van der Waals surface area contributed by atoms with Crippen molar-refractivity contribution in [2.24, 2.45) is 0 Å². The highest BCUT2D eigenvalue weighted by Gasteiger charge is 2.24. The number of methoxy groups -OCH3 is 1. The Kier molecular flexibility index (Phi) is 6.70. The summed E-state index contributed by atoms with van der Waals surface area (Å²) in [5.74, 6) is -0.431. The molecule has 2 aromatic heterocycles. The highest BCUT2D eigenvalue weighted by atomic mass is 16.5. The molecular weight excluding hydrogens is 406 g/mol. The topological polar surface area (TPSA) is 90.6 Å². The summed E-state index contributed by atoms with van der Waals surface area (Å²) >= 11 is 0. The third-order valence-electron chi connectivity index (χ3n) is 6.07. The fourth-order valence-electron chi connectivity index (χ4n) is 4.32. The van der Waals surface area contributed by atoms with Gasteiger partial charge in [0.15, 0.2) is 0 Å². The van der Waals surface area contributed by atoms with Crippen LogP contribution in [0.1, 0.15) is 35.3 Å². The van der Waals surface area contributed by atoms with E-state index in [0.29, 0.717) is 30.4 Å². The number of anilines is 1. The molecule has 168 valence electrons. The summed E-state index contributed by atoms with van der Waals surface area (Å²) in [6.45, 7) is 2.18. The Hall–Kier alpha value is -3.39. The minimum Gasteiger partial charge on any atom is -0.465 e. The van der Waals surface area contributed by atoms with Crippen LogP contribution in [-0.4, -0.2) is 65.1 Å². The van der Waals surface area contributed by atoms with Crippen LogP contribution in [0.3, 0.4) is 0 Å². The van der Waals surface area contributed by atoms with Crippen molar-refractivity contribution in [3.63, 3.8) is 0 Å². The standard InChI is InChI=1S/C24H29N5O3/c1-28(16-17-6-3-4-10-25-17)19-7-5-12-29(13-9-19)24(31)27-18-14-21(23(30)32-2)20-8-11-26-22(20)15-18/h3-4,6,8,10-11,14-15,19,26H,5,7,9,12-13,16H2,1-2H3,(H,27,31). The van der Waals surface area contributed by atoms with E-state index in [1.54, 1.807) is 12.3 Å².